The number of anilines is 1. The minimum Gasteiger partial charge on any atom is -0.444 e. The number of hydrogen-bond acceptors (Lipinski definition) is 4. The van der Waals surface area contributed by atoms with Crippen LogP contribution in [0, 0.1) is 12.8 Å². The van der Waals surface area contributed by atoms with E-state index in [4.69, 9.17) is 10.5 Å². The quantitative estimate of drug-likeness (QED) is 0.865. The lowest BCUT2D eigenvalue weighted by Gasteiger charge is -2.39. The molecule has 0 atom stereocenters. The summed E-state index contributed by atoms with van der Waals surface area (Å²) in [5.74, 6) is 0.396. The zero-order valence-electron chi connectivity index (χ0n) is 14.2. The molecule has 0 spiro atoms. The van der Waals surface area contributed by atoms with Gasteiger partial charge in [0.1, 0.15) is 5.60 Å². The fourth-order valence-electron chi connectivity index (χ4n) is 2.81. The highest BCUT2D eigenvalue weighted by Gasteiger charge is 2.34. The number of nitrogen functional groups attached to an aromatic ring is 1. The van der Waals surface area contributed by atoms with Crippen LogP contribution in [-0.2, 0) is 11.3 Å². The number of likely N-dealkylation sites (tertiary alicyclic amines) is 1. The number of nitrogens with two attached hydrogens (primary N) is 1. The van der Waals surface area contributed by atoms with Gasteiger partial charge >= 0.3 is 6.09 Å². The van der Waals surface area contributed by atoms with Crippen LogP contribution in [0.1, 0.15) is 26.3 Å². The number of ether oxygens (including phenoxy) is 1. The van der Waals surface area contributed by atoms with Crippen LogP contribution in [0.5, 0.6) is 0 Å². The monoisotopic (exact) mass is 316 g/mol. The summed E-state index contributed by atoms with van der Waals surface area (Å²) < 4.78 is 7.35. The average Bonchev–Trinajstić information content (AvgIpc) is 2.74. The highest BCUT2D eigenvalue weighted by Crippen LogP contribution is 2.25. The lowest BCUT2D eigenvalue weighted by Crippen LogP contribution is -2.52. The number of rotatable bonds is 2. The van der Waals surface area contributed by atoms with Crippen LogP contribution in [-0.4, -0.2) is 39.5 Å². The minimum absolute atomic E-state index is 0.237. The normalized spacial score (nSPS) is 15.7. The highest BCUT2D eigenvalue weighted by molar-refractivity contribution is 5.83. The SMILES string of the molecule is Cc1cc2cnn(CC3CN(C(=O)OC(C)(C)C)C3)c2cc1N. The molecule has 2 N–H and O–H groups in total. The topological polar surface area (TPSA) is 73.4 Å². The highest BCUT2D eigenvalue weighted by atomic mass is 16.6. The summed E-state index contributed by atoms with van der Waals surface area (Å²) in [4.78, 5) is 13.7. The predicted octanol–water partition coefficient (Wildman–Crippen LogP) is 2.79. The molecule has 0 unspecified atom stereocenters. The number of aryl methyl sites for hydroxylation is 1. The molecular formula is C17H24N4O2. The van der Waals surface area contributed by atoms with Gasteiger partial charge in [-0.15, -0.1) is 0 Å². The molecule has 0 radical (unpaired) electrons. The van der Waals surface area contributed by atoms with Gasteiger partial charge in [0.2, 0.25) is 0 Å². The van der Waals surface area contributed by atoms with Crippen molar-refractivity contribution in [3.8, 4) is 0 Å². The van der Waals surface area contributed by atoms with E-state index in [-0.39, 0.29) is 6.09 Å². The van der Waals surface area contributed by atoms with Crippen molar-refractivity contribution in [1.29, 1.82) is 0 Å². The summed E-state index contributed by atoms with van der Waals surface area (Å²) in [6.45, 7) is 9.83. The van der Waals surface area contributed by atoms with Gasteiger partial charge in [-0.3, -0.25) is 4.68 Å². The number of nitrogens with zero attached hydrogens (tertiary/aromatic N) is 3. The molecule has 1 aliphatic rings. The van der Waals surface area contributed by atoms with Crippen LogP contribution in [0.15, 0.2) is 18.3 Å². The van der Waals surface area contributed by atoms with Crippen molar-refractivity contribution in [2.75, 3.05) is 18.8 Å². The molecule has 1 aliphatic heterocycles. The number of amides is 1. The molecule has 0 bridgehead atoms. The number of aromatic nitrogens is 2. The summed E-state index contributed by atoms with van der Waals surface area (Å²) >= 11 is 0. The second-order valence-corrected chi connectivity index (χ2v) is 7.35. The van der Waals surface area contributed by atoms with E-state index >= 15 is 0 Å². The van der Waals surface area contributed by atoms with E-state index in [1.807, 2.05) is 44.6 Å². The minimum atomic E-state index is -0.449. The molecule has 6 nitrogen and oxygen atoms in total. The van der Waals surface area contributed by atoms with Crippen molar-refractivity contribution >= 4 is 22.7 Å². The summed E-state index contributed by atoms with van der Waals surface area (Å²) in [7, 11) is 0. The Labute approximate surface area is 136 Å². The van der Waals surface area contributed by atoms with Crippen LogP contribution < -0.4 is 5.73 Å². The zero-order chi connectivity index (χ0) is 16.8. The number of hydrogen-bond donors (Lipinski definition) is 1. The average molecular weight is 316 g/mol. The molecule has 6 heteroatoms. The van der Waals surface area contributed by atoms with E-state index in [1.165, 1.54) is 0 Å². The fraction of sp³-hybridized carbons (Fsp3) is 0.529. The number of carbonyl (C=O) groups is 1. The number of benzene rings is 1. The first-order valence-corrected chi connectivity index (χ1v) is 7.92. The summed E-state index contributed by atoms with van der Waals surface area (Å²) in [5.41, 5.74) is 8.45. The maximum atomic E-state index is 11.9. The van der Waals surface area contributed by atoms with E-state index in [0.717, 1.165) is 28.7 Å². The van der Waals surface area contributed by atoms with Gasteiger partial charge in [0, 0.05) is 36.6 Å². The molecule has 1 fully saturated rings. The van der Waals surface area contributed by atoms with Crippen LogP contribution in [0.3, 0.4) is 0 Å². The molecular weight excluding hydrogens is 292 g/mol. The lowest BCUT2D eigenvalue weighted by molar-refractivity contribution is -0.00364. The third-order valence-corrected chi connectivity index (χ3v) is 4.07. The van der Waals surface area contributed by atoms with E-state index in [2.05, 4.69) is 11.2 Å². The van der Waals surface area contributed by atoms with Gasteiger partial charge in [-0.25, -0.2) is 4.79 Å². The van der Waals surface area contributed by atoms with Crippen molar-refractivity contribution in [3.05, 3.63) is 23.9 Å². The van der Waals surface area contributed by atoms with Gasteiger partial charge in [0.25, 0.3) is 0 Å². The molecule has 2 heterocycles. The smallest absolute Gasteiger partial charge is 0.410 e. The van der Waals surface area contributed by atoms with Crippen molar-refractivity contribution in [2.45, 2.75) is 39.8 Å². The maximum Gasteiger partial charge on any atom is 0.410 e. The molecule has 0 aliphatic carbocycles. The number of carbonyl (C=O) groups excluding carboxylic acids is 1. The molecule has 23 heavy (non-hydrogen) atoms. The summed E-state index contributed by atoms with van der Waals surface area (Å²) in [5, 5.41) is 5.55. The van der Waals surface area contributed by atoms with E-state index < -0.39 is 5.60 Å². The molecule has 1 aromatic heterocycles. The Morgan fingerprint density at radius 3 is 2.74 bits per heavy atom. The van der Waals surface area contributed by atoms with Gasteiger partial charge in [0.15, 0.2) is 0 Å². The van der Waals surface area contributed by atoms with Gasteiger partial charge in [-0.05, 0) is 45.4 Å². The Morgan fingerprint density at radius 1 is 1.39 bits per heavy atom. The molecule has 124 valence electrons. The Bertz CT molecular complexity index is 739. The van der Waals surface area contributed by atoms with E-state index in [1.54, 1.807) is 4.90 Å². The molecule has 3 rings (SSSR count). The fourth-order valence-corrected chi connectivity index (χ4v) is 2.81. The Morgan fingerprint density at radius 2 is 2.09 bits per heavy atom. The van der Waals surface area contributed by atoms with Crippen LogP contribution in [0.25, 0.3) is 10.9 Å². The van der Waals surface area contributed by atoms with Gasteiger partial charge in [-0.2, -0.15) is 5.10 Å². The largest absolute Gasteiger partial charge is 0.444 e. The van der Waals surface area contributed by atoms with Crippen LogP contribution in [0.4, 0.5) is 10.5 Å². The van der Waals surface area contributed by atoms with Crippen molar-refractivity contribution < 1.29 is 9.53 Å². The number of fused-ring (bicyclic) bond motifs is 1. The first-order valence-electron chi connectivity index (χ1n) is 7.92. The molecule has 1 saturated heterocycles. The van der Waals surface area contributed by atoms with E-state index in [0.29, 0.717) is 19.0 Å². The van der Waals surface area contributed by atoms with Crippen molar-refractivity contribution in [3.63, 3.8) is 0 Å². The lowest BCUT2D eigenvalue weighted by atomic mass is 10.0. The second kappa shape index (κ2) is 5.44. The Hall–Kier alpha value is -2.24. The second-order valence-electron chi connectivity index (χ2n) is 7.35. The van der Waals surface area contributed by atoms with Gasteiger partial charge in [0.05, 0.1) is 11.7 Å². The van der Waals surface area contributed by atoms with Crippen LogP contribution >= 0.6 is 0 Å². The molecule has 1 aromatic carbocycles. The van der Waals surface area contributed by atoms with E-state index in [9.17, 15) is 4.79 Å². The molecule has 1 amide bonds. The first-order chi connectivity index (χ1) is 10.7. The first kappa shape index (κ1) is 15.6. The maximum absolute atomic E-state index is 11.9. The standard InChI is InChI=1S/C17H24N4O2/c1-11-5-13-7-19-21(15(13)6-14(11)18)10-12-8-20(9-12)16(22)23-17(2,3)4/h5-7,12H,8-10,18H2,1-4H3. The van der Waals surface area contributed by atoms with Crippen LogP contribution in [0.2, 0.25) is 0 Å². The molecule has 0 saturated carbocycles. The van der Waals surface area contributed by atoms with Crippen molar-refractivity contribution in [2.24, 2.45) is 5.92 Å². The third kappa shape index (κ3) is 3.25. The summed E-state index contributed by atoms with van der Waals surface area (Å²) in [6, 6.07) is 4.03. The summed E-state index contributed by atoms with van der Waals surface area (Å²) in [6.07, 6.45) is 1.63. The Kier molecular flexibility index (Phi) is 3.70. The van der Waals surface area contributed by atoms with Gasteiger partial charge < -0.3 is 15.4 Å². The Balaban J connectivity index is 1.62. The van der Waals surface area contributed by atoms with Gasteiger partial charge in [-0.1, -0.05) is 0 Å². The zero-order valence-corrected chi connectivity index (χ0v) is 14.2. The predicted molar refractivity (Wildman–Crippen MR) is 90.2 cm³/mol. The molecule has 2 aromatic rings. The third-order valence-electron chi connectivity index (χ3n) is 4.07. The van der Waals surface area contributed by atoms with Crippen molar-refractivity contribution in [1.82, 2.24) is 14.7 Å².